The van der Waals surface area contributed by atoms with Crippen molar-refractivity contribution in [3.05, 3.63) is 34.9 Å². The minimum absolute atomic E-state index is 0.0450. The van der Waals surface area contributed by atoms with E-state index in [-0.39, 0.29) is 6.04 Å². The molecule has 0 radical (unpaired) electrons. The van der Waals surface area contributed by atoms with E-state index < -0.39 is 0 Å². The summed E-state index contributed by atoms with van der Waals surface area (Å²) in [5.74, 6) is 5.90. The van der Waals surface area contributed by atoms with Gasteiger partial charge in [-0.2, -0.15) is 0 Å². The average molecular weight is 187 g/mol. The van der Waals surface area contributed by atoms with Crippen molar-refractivity contribution in [2.24, 2.45) is 5.73 Å². The summed E-state index contributed by atoms with van der Waals surface area (Å²) in [6.07, 6.45) is 0.738. The summed E-state index contributed by atoms with van der Waals surface area (Å²) < 4.78 is 0. The van der Waals surface area contributed by atoms with Gasteiger partial charge in [0.15, 0.2) is 0 Å². The maximum absolute atomic E-state index is 6.08. The Morgan fingerprint density at radius 1 is 1.29 bits per heavy atom. The first kappa shape index (κ1) is 10.8. The first-order valence-electron chi connectivity index (χ1n) is 4.88. The molecule has 1 rings (SSSR count). The van der Waals surface area contributed by atoms with Crippen molar-refractivity contribution in [3.63, 3.8) is 0 Å². The fraction of sp³-hybridized carbons (Fsp3) is 0.385. The lowest BCUT2D eigenvalue weighted by molar-refractivity contribution is 0.741. The van der Waals surface area contributed by atoms with Crippen LogP contribution in [0, 0.1) is 25.7 Å². The molecule has 0 aliphatic heterocycles. The van der Waals surface area contributed by atoms with Gasteiger partial charge in [-0.05, 0) is 37.5 Å². The van der Waals surface area contributed by atoms with Gasteiger partial charge in [-0.3, -0.25) is 0 Å². The second-order valence-corrected chi connectivity index (χ2v) is 3.54. The molecule has 14 heavy (non-hydrogen) atoms. The second-order valence-electron chi connectivity index (χ2n) is 3.54. The molecule has 0 aromatic heterocycles. The molecule has 1 atom stereocenters. The highest BCUT2D eigenvalue weighted by Gasteiger charge is 2.09. The molecule has 0 bridgehead atoms. The normalized spacial score (nSPS) is 11.7. The number of benzene rings is 1. The number of aryl methyl sites for hydroxylation is 2. The Morgan fingerprint density at radius 2 is 1.86 bits per heavy atom. The number of hydrogen-bond donors (Lipinski definition) is 1. The zero-order valence-electron chi connectivity index (χ0n) is 9.09. The number of nitrogens with two attached hydrogens (primary N) is 1. The van der Waals surface area contributed by atoms with Crippen molar-refractivity contribution in [2.45, 2.75) is 33.2 Å². The van der Waals surface area contributed by atoms with Gasteiger partial charge in [0.2, 0.25) is 0 Å². The van der Waals surface area contributed by atoms with E-state index in [2.05, 4.69) is 43.9 Å². The Bertz CT molecular complexity index is 348. The van der Waals surface area contributed by atoms with Crippen LogP contribution < -0.4 is 5.73 Å². The van der Waals surface area contributed by atoms with Gasteiger partial charge in [-0.15, -0.1) is 11.8 Å². The molecule has 0 spiro atoms. The molecule has 74 valence electrons. The molecular weight excluding hydrogens is 170 g/mol. The SMILES string of the molecule is CC#CCC(N)c1c(C)cccc1C. The van der Waals surface area contributed by atoms with Gasteiger partial charge in [0.25, 0.3) is 0 Å². The van der Waals surface area contributed by atoms with Crippen molar-refractivity contribution < 1.29 is 0 Å². The smallest absolute Gasteiger partial charge is 0.0411 e. The fourth-order valence-electron chi connectivity index (χ4n) is 1.73. The van der Waals surface area contributed by atoms with Gasteiger partial charge in [0.05, 0.1) is 0 Å². The first-order chi connectivity index (χ1) is 6.66. The molecule has 0 saturated carbocycles. The van der Waals surface area contributed by atoms with E-state index in [1.165, 1.54) is 16.7 Å². The number of rotatable bonds is 2. The molecule has 0 fully saturated rings. The lowest BCUT2D eigenvalue weighted by atomic mass is 9.95. The molecule has 2 N–H and O–H groups in total. The van der Waals surface area contributed by atoms with E-state index in [0.29, 0.717) is 0 Å². The van der Waals surface area contributed by atoms with Crippen molar-refractivity contribution >= 4 is 0 Å². The molecule has 0 amide bonds. The van der Waals surface area contributed by atoms with Crippen LogP contribution in [0.5, 0.6) is 0 Å². The molecule has 1 aromatic carbocycles. The lowest BCUT2D eigenvalue weighted by Crippen LogP contribution is -2.12. The predicted molar refractivity (Wildman–Crippen MR) is 60.9 cm³/mol. The summed E-state index contributed by atoms with van der Waals surface area (Å²) in [6.45, 7) is 6.04. The predicted octanol–water partition coefficient (Wildman–Crippen LogP) is 2.72. The summed E-state index contributed by atoms with van der Waals surface area (Å²) in [6, 6.07) is 6.30. The van der Waals surface area contributed by atoms with Crippen LogP contribution in [0.2, 0.25) is 0 Å². The molecule has 1 unspecified atom stereocenters. The van der Waals surface area contributed by atoms with Crippen LogP contribution >= 0.6 is 0 Å². The minimum atomic E-state index is 0.0450. The molecule has 0 aliphatic carbocycles. The lowest BCUT2D eigenvalue weighted by Gasteiger charge is -2.14. The van der Waals surface area contributed by atoms with Crippen LogP contribution in [0.25, 0.3) is 0 Å². The van der Waals surface area contributed by atoms with Crippen LogP contribution in [0.15, 0.2) is 18.2 Å². The van der Waals surface area contributed by atoms with E-state index in [9.17, 15) is 0 Å². The monoisotopic (exact) mass is 187 g/mol. The molecule has 0 aliphatic rings. The summed E-state index contributed by atoms with van der Waals surface area (Å²) in [7, 11) is 0. The van der Waals surface area contributed by atoms with Crippen molar-refractivity contribution in [1.29, 1.82) is 0 Å². The van der Waals surface area contributed by atoms with Gasteiger partial charge < -0.3 is 5.73 Å². The maximum Gasteiger partial charge on any atom is 0.0411 e. The molecule has 1 nitrogen and oxygen atoms in total. The topological polar surface area (TPSA) is 26.0 Å². The van der Waals surface area contributed by atoms with Crippen molar-refractivity contribution in [1.82, 2.24) is 0 Å². The summed E-state index contributed by atoms with van der Waals surface area (Å²) in [4.78, 5) is 0. The first-order valence-corrected chi connectivity index (χ1v) is 4.88. The summed E-state index contributed by atoms with van der Waals surface area (Å²) in [5, 5.41) is 0. The summed E-state index contributed by atoms with van der Waals surface area (Å²) >= 11 is 0. The molecule has 0 heterocycles. The maximum atomic E-state index is 6.08. The fourth-order valence-corrected chi connectivity index (χ4v) is 1.73. The van der Waals surface area contributed by atoms with Crippen LogP contribution in [0.1, 0.15) is 36.1 Å². The Morgan fingerprint density at radius 3 is 2.36 bits per heavy atom. The Balaban J connectivity index is 2.97. The highest BCUT2D eigenvalue weighted by molar-refractivity contribution is 5.36. The van der Waals surface area contributed by atoms with E-state index in [0.717, 1.165) is 6.42 Å². The largest absolute Gasteiger partial charge is 0.323 e. The Kier molecular flexibility index (Phi) is 3.73. The summed E-state index contributed by atoms with van der Waals surface area (Å²) in [5.41, 5.74) is 9.85. The van der Waals surface area contributed by atoms with E-state index in [4.69, 9.17) is 5.73 Å². The third-order valence-electron chi connectivity index (χ3n) is 2.41. The zero-order chi connectivity index (χ0) is 10.6. The van der Waals surface area contributed by atoms with E-state index in [1.54, 1.807) is 0 Å². The molecule has 0 saturated heterocycles. The van der Waals surface area contributed by atoms with Crippen LogP contribution in [0.4, 0.5) is 0 Å². The zero-order valence-corrected chi connectivity index (χ0v) is 9.09. The van der Waals surface area contributed by atoms with Gasteiger partial charge in [-0.25, -0.2) is 0 Å². The second kappa shape index (κ2) is 4.83. The van der Waals surface area contributed by atoms with Crippen molar-refractivity contribution in [3.8, 4) is 11.8 Å². The van der Waals surface area contributed by atoms with Gasteiger partial charge in [0, 0.05) is 12.5 Å². The third-order valence-corrected chi connectivity index (χ3v) is 2.41. The minimum Gasteiger partial charge on any atom is -0.323 e. The quantitative estimate of drug-likeness (QED) is 0.708. The Hall–Kier alpha value is -1.26. The molecule has 1 aromatic rings. The van der Waals surface area contributed by atoms with Crippen molar-refractivity contribution in [2.75, 3.05) is 0 Å². The van der Waals surface area contributed by atoms with E-state index in [1.807, 2.05) is 6.92 Å². The van der Waals surface area contributed by atoms with E-state index >= 15 is 0 Å². The van der Waals surface area contributed by atoms with Crippen LogP contribution in [0.3, 0.4) is 0 Å². The highest BCUT2D eigenvalue weighted by atomic mass is 14.6. The van der Waals surface area contributed by atoms with Gasteiger partial charge in [-0.1, -0.05) is 18.2 Å². The van der Waals surface area contributed by atoms with Crippen LogP contribution in [-0.4, -0.2) is 0 Å². The average Bonchev–Trinajstić information content (AvgIpc) is 2.14. The molecule has 1 heteroatoms. The molecular formula is C13H17N. The third kappa shape index (κ3) is 2.37. The van der Waals surface area contributed by atoms with Gasteiger partial charge >= 0.3 is 0 Å². The van der Waals surface area contributed by atoms with Gasteiger partial charge in [0.1, 0.15) is 0 Å². The highest BCUT2D eigenvalue weighted by Crippen LogP contribution is 2.21. The van der Waals surface area contributed by atoms with Crippen LogP contribution in [-0.2, 0) is 0 Å². The number of hydrogen-bond acceptors (Lipinski definition) is 1. The standard InChI is InChI=1S/C13H17N/c1-4-5-9-12(14)13-10(2)7-6-8-11(13)3/h6-8,12H,9,14H2,1-3H3. The Labute approximate surface area is 86.3 Å².